The Kier molecular flexibility index (Phi) is 6.37. The number of ether oxygens (including phenoxy) is 2. The van der Waals surface area contributed by atoms with Crippen LogP contribution < -0.4 is 10.1 Å². The summed E-state index contributed by atoms with van der Waals surface area (Å²) in [5, 5.41) is 7.80. The minimum absolute atomic E-state index is 0.0733. The van der Waals surface area contributed by atoms with Crippen molar-refractivity contribution < 1.29 is 22.7 Å². The largest absolute Gasteiger partial charge is 0.495 e. The summed E-state index contributed by atoms with van der Waals surface area (Å²) in [5.41, 5.74) is 1.94. The highest BCUT2D eigenvalue weighted by molar-refractivity contribution is 7.89. The van der Waals surface area contributed by atoms with E-state index in [2.05, 4.69) is 15.4 Å². The van der Waals surface area contributed by atoms with Crippen LogP contribution in [0.5, 0.6) is 5.75 Å². The Bertz CT molecular complexity index is 1300. The van der Waals surface area contributed by atoms with Crippen LogP contribution in [0.15, 0.2) is 35.4 Å². The van der Waals surface area contributed by atoms with Gasteiger partial charge < -0.3 is 14.8 Å². The Balaban J connectivity index is 1.70. The zero-order valence-corrected chi connectivity index (χ0v) is 19.8. The number of nitrogens with one attached hydrogen (secondary N) is 1. The molecule has 4 rings (SSSR count). The molecule has 0 atom stereocenters. The number of fused-ring (bicyclic) bond motifs is 1. The van der Waals surface area contributed by atoms with Gasteiger partial charge in [0.05, 0.1) is 48.1 Å². The third-order valence-corrected chi connectivity index (χ3v) is 7.35. The fraction of sp³-hybridized carbons (Fsp3) is 0.409. The quantitative estimate of drug-likeness (QED) is 0.585. The molecule has 0 radical (unpaired) electrons. The number of hydrogen-bond acceptors (Lipinski definition) is 7. The summed E-state index contributed by atoms with van der Waals surface area (Å²) in [6.07, 6.45) is 1.62. The van der Waals surface area contributed by atoms with Gasteiger partial charge in [-0.25, -0.2) is 18.1 Å². The SMILES string of the molecule is COc1ccc(S(=O)(=O)N2CCOCC2)cc1NC(=O)c1cc(C)nc2c1cnn2C(C)C. The summed E-state index contributed by atoms with van der Waals surface area (Å²) < 4.78 is 39.9. The molecule has 33 heavy (non-hydrogen) atoms. The molecule has 176 valence electrons. The Morgan fingerprint density at radius 2 is 1.94 bits per heavy atom. The Morgan fingerprint density at radius 1 is 1.21 bits per heavy atom. The molecule has 11 heteroatoms. The molecule has 2 aromatic heterocycles. The van der Waals surface area contributed by atoms with Crippen molar-refractivity contribution in [1.29, 1.82) is 0 Å². The number of morpholine rings is 1. The van der Waals surface area contributed by atoms with Crippen molar-refractivity contribution in [1.82, 2.24) is 19.1 Å². The van der Waals surface area contributed by atoms with Crippen LogP contribution in [-0.4, -0.2) is 66.8 Å². The zero-order chi connectivity index (χ0) is 23.8. The zero-order valence-electron chi connectivity index (χ0n) is 19.0. The third-order valence-electron chi connectivity index (χ3n) is 5.46. The molecule has 1 N–H and O–H groups in total. The Hall–Kier alpha value is -3.02. The lowest BCUT2D eigenvalue weighted by atomic mass is 10.1. The van der Waals surface area contributed by atoms with E-state index in [1.54, 1.807) is 16.9 Å². The number of aromatic nitrogens is 3. The van der Waals surface area contributed by atoms with Crippen LogP contribution >= 0.6 is 0 Å². The number of carbonyl (C=O) groups is 1. The van der Waals surface area contributed by atoms with Crippen LogP contribution in [0.4, 0.5) is 5.69 Å². The first kappa shape index (κ1) is 23.1. The van der Waals surface area contributed by atoms with E-state index in [9.17, 15) is 13.2 Å². The summed E-state index contributed by atoms with van der Waals surface area (Å²) in [7, 11) is -2.27. The van der Waals surface area contributed by atoms with Crippen molar-refractivity contribution >= 4 is 32.7 Å². The number of anilines is 1. The van der Waals surface area contributed by atoms with E-state index in [0.717, 1.165) is 0 Å². The van der Waals surface area contributed by atoms with Gasteiger partial charge in [0.2, 0.25) is 10.0 Å². The second-order valence-corrected chi connectivity index (χ2v) is 10.0. The van der Waals surface area contributed by atoms with E-state index in [0.29, 0.717) is 41.3 Å². The van der Waals surface area contributed by atoms with Gasteiger partial charge in [-0.05, 0) is 45.0 Å². The van der Waals surface area contributed by atoms with E-state index in [4.69, 9.17) is 9.47 Å². The molecule has 1 aliphatic rings. The van der Waals surface area contributed by atoms with Crippen molar-refractivity contribution in [2.75, 3.05) is 38.7 Å². The lowest BCUT2D eigenvalue weighted by molar-refractivity contribution is 0.0730. The molecule has 0 spiro atoms. The van der Waals surface area contributed by atoms with Crippen molar-refractivity contribution in [3.63, 3.8) is 0 Å². The topological polar surface area (TPSA) is 116 Å². The monoisotopic (exact) mass is 473 g/mol. The Morgan fingerprint density at radius 3 is 2.61 bits per heavy atom. The number of pyridine rings is 1. The number of methoxy groups -OCH3 is 1. The molecule has 1 aliphatic heterocycles. The summed E-state index contributed by atoms with van der Waals surface area (Å²) in [4.78, 5) is 17.9. The maximum Gasteiger partial charge on any atom is 0.256 e. The number of aryl methyl sites for hydroxylation is 1. The number of rotatable bonds is 6. The van der Waals surface area contributed by atoms with E-state index in [-0.39, 0.29) is 29.7 Å². The van der Waals surface area contributed by atoms with Crippen molar-refractivity contribution in [2.45, 2.75) is 31.7 Å². The molecule has 1 aromatic carbocycles. The minimum atomic E-state index is -3.73. The second-order valence-electron chi connectivity index (χ2n) is 8.06. The lowest BCUT2D eigenvalue weighted by Gasteiger charge is -2.26. The molecule has 0 saturated carbocycles. The number of carbonyl (C=O) groups excluding carboxylic acids is 1. The Labute approximate surface area is 192 Å². The molecule has 0 bridgehead atoms. The second kappa shape index (κ2) is 9.08. The van der Waals surface area contributed by atoms with Crippen LogP contribution in [0.3, 0.4) is 0 Å². The fourth-order valence-corrected chi connectivity index (χ4v) is 5.21. The molecule has 3 aromatic rings. The highest BCUT2D eigenvalue weighted by atomic mass is 32.2. The van der Waals surface area contributed by atoms with Crippen LogP contribution in [0, 0.1) is 6.92 Å². The third kappa shape index (κ3) is 4.43. The highest BCUT2D eigenvalue weighted by Crippen LogP contribution is 2.30. The normalized spacial score (nSPS) is 15.2. The highest BCUT2D eigenvalue weighted by Gasteiger charge is 2.27. The first-order valence-corrected chi connectivity index (χ1v) is 12.1. The van der Waals surface area contributed by atoms with Crippen LogP contribution in [-0.2, 0) is 14.8 Å². The molecular weight excluding hydrogens is 446 g/mol. The van der Waals surface area contributed by atoms with E-state index in [1.807, 2.05) is 20.8 Å². The van der Waals surface area contributed by atoms with Gasteiger partial charge in [0.1, 0.15) is 5.75 Å². The molecule has 0 aliphatic carbocycles. The standard InChI is InChI=1S/C22H27N5O5S/c1-14(2)27-21-18(13-23-27)17(11-15(3)24-21)22(28)25-19-12-16(5-6-20(19)31-4)33(29,30)26-7-9-32-10-8-26/h5-6,11-14H,7-10H2,1-4H3,(H,25,28). The smallest absolute Gasteiger partial charge is 0.256 e. The average molecular weight is 474 g/mol. The molecular formula is C22H27N5O5S. The fourth-order valence-electron chi connectivity index (χ4n) is 3.78. The summed E-state index contributed by atoms with van der Waals surface area (Å²) in [6, 6.07) is 6.19. The molecule has 1 amide bonds. The van der Waals surface area contributed by atoms with Gasteiger partial charge in [-0.15, -0.1) is 0 Å². The van der Waals surface area contributed by atoms with Gasteiger partial charge in [-0.3, -0.25) is 4.79 Å². The number of hydrogen-bond donors (Lipinski definition) is 1. The summed E-state index contributed by atoms with van der Waals surface area (Å²) in [5.74, 6) is -0.0581. The van der Waals surface area contributed by atoms with Gasteiger partial charge in [-0.2, -0.15) is 9.40 Å². The van der Waals surface area contributed by atoms with Crippen LogP contribution in [0.2, 0.25) is 0 Å². The number of nitrogens with zero attached hydrogens (tertiary/aromatic N) is 4. The van der Waals surface area contributed by atoms with Crippen molar-refractivity contribution in [2.24, 2.45) is 0 Å². The van der Waals surface area contributed by atoms with Gasteiger partial charge in [-0.1, -0.05) is 0 Å². The molecule has 1 fully saturated rings. The first-order chi connectivity index (χ1) is 15.7. The van der Waals surface area contributed by atoms with Gasteiger partial charge in [0, 0.05) is 24.8 Å². The van der Waals surface area contributed by atoms with Crippen LogP contribution in [0.1, 0.15) is 35.9 Å². The molecule has 3 heterocycles. The number of sulfonamides is 1. The average Bonchev–Trinajstić information content (AvgIpc) is 3.23. The van der Waals surface area contributed by atoms with Crippen LogP contribution in [0.25, 0.3) is 11.0 Å². The number of amides is 1. The van der Waals surface area contributed by atoms with Crippen molar-refractivity contribution in [3.8, 4) is 5.75 Å². The predicted molar refractivity (Wildman–Crippen MR) is 123 cm³/mol. The predicted octanol–water partition coefficient (Wildman–Crippen LogP) is 2.60. The molecule has 10 nitrogen and oxygen atoms in total. The van der Waals surface area contributed by atoms with Gasteiger partial charge >= 0.3 is 0 Å². The summed E-state index contributed by atoms with van der Waals surface area (Å²) in [6.45, 7) is 7.04. The van der Waals surface area contributed by atoms with E-state index in [1.165, 1.54) is 29.6 Å². The van der Waals surface area contributed by atoms with Gasteiger partial charge in [0.15, 0.2) is 5.65 Å². The number of benzene rings is 1. The van der Waals surface area contributed by atoms with Crippen molar-refractivity contribution in [3.05, 3.63) is 41.7 Å². The minimum Gasteiger partial charge on any atom is -0.495 e. The van der Waals surface area contributed by atoms with E-state index < -0.39 is 15.9 Å². The lowest BCUT2D eigenvalue weighted by Crippen LogP contribution is -2.40. The summed E-state index contributed by atoms with van der Waals surface area (Å²) >= 11 is 0. The molecule has 1 saturated heterocycles. The molecule has 0 unspecified atom stereocenters. The maximum atomic E-state index is 13.3. The van der Waals surface area contributed by atoms with Gasteiger partial charge in [0.25, 0.3) is 5.91 Å². The van der Waals surface area contributed by atoms with E-state index >= 15 is 0 Å². The maximum absolute atomic E-state index is 13.3. The first-order valence-electron chi connectivity index (χ1n) is 10.6.